The van der Waals surface area contributed by atoms with E-state index in [2.05, 4.69) is 63.2 Å². The van der Waals surface area contributed by atoms with E-state index in [0.717, 1.165) is 101 Å². The number of nitrogens with zero attached hydrogens (tertiary/aromatic N) is 3. The van der Waals surface area contributed by atoms with Crippen LogP contribution in [0.15, 0.2) is 23.9 Å². The Balaban J connectivity index is 1.62. The summed E-state index contributed by atoms with van der Waals surface area (Å²) in [4.78, 5) is 26.2. The van der Waals surface area contributed by atoms with E-state index in [0.29, 0.717) is 11.8 Å². The second kappa shape index (κ2) is 14.0. The van der Waals surface area contributed by atoms with E-state index in [1.807, 2.05) is 0 Å². The second-order valence-electron chi connectivity index (χ2n) is 13.6. The topological polar surface area (TPSA) is 78.4 Å². The average Bonchev–Trinajstić information content (AvgIpc) is 3.24. The van der Waals surface area contributed by atoms with Gasteiger partial charge in [-0.15, -0.1) is 0 Å². The normalized spacial score (nSPS) is 25.7. The smallest absolute Gasteiger partial charge is 0.164 e. The minimum Gasteiger partial charge on any atom is -0.386 e. The molecule has 6 nitrogen and oxygen atoms in total. The summed E-state index contributed by atoms with van der Waals surface area (Å²) in [6.45, 7) is 15.1. The van der Waals surface area contributed by atoms with Crippen molar-refractivity contribution < 1.29 is 9.90 Å². The number of carbonyl (C=O) groups is 1. The zero-order chi connectivity index (χ0) is 30.7. The Kier molecular flexibility index (Phi) is 10.4. The lowest BCUT2D eigenvalue weighted by atomic mass is 9.84. The first kappa shape index (κ1) is 31.8. The van der Waals surface area contributed by atoms with Gasteiger partial charge in [-0.3, -0.25) is 4.79 Å². The van der Waals surface area contributed by atoms with Gasteiger partial charge in [0.15, 0.2) is 5.78 Å². The van der Waals surface area contributed by atoms with Crippen molar-refractivity contribution in [2.75, 3.05) is 18.0 Å². The molecule has 5 rings (SSSR count). The minimum atomic E-state index is -0.881. The number of fused-ring (bicyclic) bond motifs is 1. The average molecular weight is 587 g/mol. The number of ketones is 1. The number of hydrogen-bond acceptors (Lipinski definition) is 6. The lowest BCUT2D eigenvalue weighted by Crippen LogP contribution is -2.35. The van der Waals surface area contributed by atoms with E-state index >= 15 is 0 Å². The molecule has 2 aliphatic heterocycles. The molecule has 3 aliphatic rings. The van der Waals surface area contributed by atoms with Crippen LogP contribution in [-0.2, 0) is 24.1 Å². The molecule has 3 heterocycles. The zero-order valence-corrected chi connectivity index (χ0v) is 27.5. The third kappa shape index (κ3) is 6.91. The van der Waals surface area contributed by atoms with Crippen LogP contribution in [0.1, 0.15) is 120 Å². The van der Waals surface area contributed by atoms with Crippen molar-refractivity contribution in [3.05, 3.63) is 52.0 Å². The SMILES string of the molecule is CCc1cc(-c2nc(C3CCCNCCC3C)nc3c2CC(C)=CN3C2CCCC(C(=O)C(C)O)CC2)cc(C)c1CC. The summed E-state index contributed by atoms with van der Waals surface area (Å²) in [5, 5.41) is 13.6. The Morgan fingerprint density at radius 2 is 1.84 bits per heavy atom. The van der Waals surface area contributed by atoms with Crippen LogP contribution < -0.4 is 10.2 Å². The number of Topliss-reactive ketones (excluding diaryl/α,β-unsaturated/α-hetero) is 1. The Morgan fingerprint density at radius 1 is 1.02 bits per heavy atom. The summed E-state index contributed by atoms with van der Waals surface area (Å²) in [5.74, 6) is 2.89. The van der Waals surface area contributed by atoms with Crippen LogP contribution in [0.4, 0.5) is 5.82 Å². The van der Waals surface area contributed by atoms with Gasteiger partial charge in [0.25, 0.3) is 0 Å². The molecule has 1 aromatic carbocycles. The number of aliphatic hydroxyl groups excluding tert-OH is 1. The Morgan fingerprint density at radius 3 is 2.58 bits per heavy atom. The van der Waals surface area contributed by atoms with Crippen LogP contribution in [-0.4, -0.2) is 46.1 Å². The van der Waals surface area contributed by atoms with Gasteiger partial charge < -0.3 is 15.3 Å². The van der Waals surface area contributed by atoms with E-state index < -0.39 is 6.10 Å². The van der Waals surface area contributed by atoms with Crippen LogP contribution in [0.2, 0.25) is 0 Å². The molecule has 6 heteroatoms. The van der Waals surface area contributed by atoms with Crippen LogP contribution >= 0.6 is 0 Å². The van der Waals surface area contributed by atoms with Gasteiger partial charge in [-0.2, -0.15) is 0 Å². The van der Waals surface area contributed by atoms with Crippen LogP contribution in [0.25, 0.3) is 11.3 Å². The fourth-order valence-electron chi connectivity index (χ4n) is 7.98. The molecule has 2 fully saturated rings. The number of allylic oxidation sites excluding steroid dienone is 1. The molecule has 1 aromatic heterocycles. The number of anilines is 1. The maximum Gasteiger partial charge on any atom is 0.164 e. The van der Waals surface area contributed by atoms with Gasteiger partial charge >= 0.3 is 0 Å². The van der Waals surface area contributed by atoms with Gasteiger partial charge in [0.05, 0.1) is 5.69 Å². The lowest BCUT2D eigenvalue weighted by molar-refractivity contribution is -0.130. The van der Waals surface area contributed by atoms with Crippen molar-refractivity contribution in [2.45, 2.75) is 130 Å². The fourth-order valence-corrected chi connectivity index (χ4v) is 7.98. The van der Waals surface area contributed by atoms with Crippen LogP contribution in [0.3, 0.4) is 0 Å². The molecule has 234 valence electrons. The van der Waals surface area contributed by atoms with Crippen molar-refractivity contribution in [3.63, 3.8) is 0 Å². The lowest BCUT2D eigenvalue weighted by Gasteiger charge is -2.36. The van der Waals surface area contributed by atoms with Gasteiger partial charge in [0, 0.05) is 41.6 Å². The van der Waals surface area contributed by atoms with Crippen LogP contribution in [0, 0.1) is 18.8 Å². The largest absolute Gasteiger partial charge is 0.386 e. The monoisotopic (exact) mass is 586 g/mol. The molecule has 43 heavy (non-hydrogen) atoms. The molecular formula is C37H54N4O2. The van der Waals surface area contributed by atoms with E-state index in [4.69, 9.17) is 9.97 Å². The highest BCUT2D eigenvalue weighted by molar-refractivity contribution is 5.84. The van der Waals surface area contributed by atoms with E-state index in [1.165, 1.54) is 33.4 Å². The summed E-state index contributed by atoms with van der Waals surface area (Å²) >= 11 is 0. The maximum absolute atomic E-state index is 12.7. The van der Waals surface area contributed by atoms with Gasteiger partial charge in [-0.05, 0) is 126 Å². The number of nitrogens with one attached hydrogen (secondary N) is 1. The minimum absolute atomic E-state index is 0.00342. The molecule has 1 aliphatic carbocycles. The number of aromatic nitrogens is 2. The predicted molar refractivity (Wildman–Crippen MR) is 177 cm³/mol. The van der Waals surface area contributed by atoms with Crippen LogP contribution in [0.5, 0.6) is 0 Å². The summed E-state index contributed by atoms with van der Waals surface area (Å²) in [7, 11) is 0. The van der Waals surface area contributed by atoms with Crippen molar-refractivity contribution in [3.8, 4) is 11.3 Å². The first-order valence-electron chi connectivity index (χ1n) is 17.1. The first-order valence-corrected chi connectivity index (χ1v) is 17.1. The van der Waals surface area contributed by atoms with Crippen molar-refractivity contribution in [2.24, 2.45) is 11.8 Å². The first-order chi connectivity index (χ1) is 20.7. The number of aryl methyl sites for hydroxylation is 2. The van der Waals surface area contributed by atoms with Crippen molar-refractivity contribution >= 4 is 11.6 Å². The Bertz CT molecular complexity index is 1330. The summed E-state index contributed by atoms with van der Waals surface area (Å²) in [5.41, 5.74) is 9.16. The molecule has 0 bridgehead atoms. The standard InChI is InChI=1S/C37H54N4O2/c1-7-27-21-29(20-25(5)31(27)8-2)34-33-19-23(3)22-41(30-12-9-11-28(14-15-30)35(43)26(6)42)37(33)40-36(39-34)32-13-10-17-38-18-16-24(32)4/h20-22,24,26,28,30,32,38,42H,7-19H2,1-6H3. The number of rotatable bonds is 7. The molecule has 0 radical (unpaired) electrons. The second-order valence-corrected chi connectivity index (χ2v) is 13.6. The molecule has 1 saturated heterocycles. The van der Waals surface area contributed by atoms with E-state index in [9.17, 15) is 9.90 Å². The number of hydrogen-bond donors (Lipinski definition) is 2. The van der Waals surface area contributed by atoms with E-state index in [1.54, 1.807) is 6.92 Å². The third-order valence-electron chi connectivity index (χ3n) is 10.4. The van der Waals surface area contributed by atoms with E-state index in [-0.39, 0.29) is 17.7 Å². The summed E-state index contributed by atoms with van der Waals surface area (Å²) in [6, 6.07) is 5.05. The number of carbonyl (C=O) groups excluding carboxylic acids is 1. The number of aliphatic hydroxyl groups is 1. The highest BCUT2D eigenvalue weighted by Gasteiger charge is 2.34. The molecule has 5 unspecified atom stereocenters. The van der Waals surface area contributed by atoms with Gasteiger partial charge in [-0.1, -0.05) is 32.8 Å². The van der Waals surface area contributed by atoms with Crippen molar-refractivity contribution in [1.29, 1.82) is 0 Å². The molecule has 2 N–H and O–H groups in total. The zero-order valence-electron chi connectivity index (χ0n) is 27.5. The van der Waals surface area contributed by atoms with Crippen molar-refractivity contribution in [1.82, 2.24) is 15.3 Å². The van der Waals surface area contributed by atoms with Gasteiger partial charge in [-0.25, -0.2) is 9.97 Å². The fraction of sp³-hybridized carbons (Fsp3) is 0.649. The Hall–Kier alpha value is -2.57. The Labute approximate surface area is 259 Å². The summed E-state index contributed by atoms with van der Waals surface area (Å²) < 4.78 is 0. The van der Waals surface area contributed by atoms with Gasteiger partial charge in [0.1, 0.15) is 17.7 Å². The molecular weight excluding hydrogens is 532 g/mol. The molecule has 5 atom stereocenters. The van der Waals surface area contributed by atoms with Gasteiger partial charge in [0.2, 0.25) is 0 Å². The third-order valence-corrected chi connectivity index (χ3v) is 10.4. The predicted octanol–water partition coefficient (Wildman–Crippen LogP) is 7.24. The molecule has 1 saturated carbocycles. The highest BCUT2D eigenvalue weighted by Crippen LogP contribution is 2.41. The maximum atomic E-state index is 12.7. The quantitative estimate of drug-likeness (QED) is 0.333. The number of benzene rings is 1. The molecule has 2 aromatic rings. The summed E-state index contributed by atoms with van der Waals surface area (Å²) in [6.07, 6.45) is 12.4. The highest BCUT2D eigenvalue weighted by atomic mass is 16.3. The molecule has 0 amide bonds. The molecule has 0 spiro atoms.